The summed E-state index contributed by atoms with van der Waals surface area (Å²) >= 11 is 1.17. The third kappa shape index (κ3) is 13.7. The SMILES string of the molecule is CCCCCCCCCCCCSOOC(C#N)C#N. The van der Waals surface area contributed by atoms with E-state index in [0.29, 0.717) is 0 Å². The van der Waals surface area contributed by atoms with E-state index in [1.807, 2.05) is 0 Å². The molecule has 0 amide bonds. The molecule has 0 N–H and O–H groups in total. The first-order valence-corrected chi connectivity index (χ1v) is 8.50. The smallest absolute Gasteiger partial charge is 0.194 e. The van der Waals surface area contributed by atoms with Gasteiger partial charge in [0.15, 0.2) is 0 Å². The van der Waals surface area contributed by atoms with Gasteiger partial charge in [0.05, 0.1) is 0 Å². The summed E-state index contributed by atoms with van der Waals surface area (Å²) in [4.78, 5) is 4.57. The molecule has 4 nitrogen and oxygen atoms in total. The summed E-state index contributed by atoms with van der Waals surface area (Å²) in [6.45, 7) is 2.24. The quantitative estimate of drug-likeness (QED) is 0.197. The molecule has 0 heterocycles. The Morgan fingerprint density at radius 1 is 0.850 bits per heavy atom. The van der Waals surface area contributed by atoms with Crippen molar-refractivity contribution in [2.45, 2.75) is 77.2 Å². The number of hydrogen-bond acceptors (Lipinski definition) is 5. The molecule has 0 aliphatic heterocycles. The largest absolute Gasteiger partial charge is 0.265 e. The maximum atomic E-state index is 8.43. The molecule has 5 heteroatoms. The highest BCUT2D eigenvalue weighted by atomic mass is 32.2. The Morgan fingerprint density at radius 2 is 1.35 bits per heavy atom. The van der Waals surface area contributed by atoms with Gasteiger partial charge in [-0.05, 0) is 6.42 Å². The van der Waals surface area contributed by atoms with Gasteiger partial charge in [-0.25, -0.2) is 0 Å². The molecule has 0 aliphatic carbocycles. The lowest BCUT2D eigenvalue weighted by Gasteiger charge is -2.03. The van der Waals surface area contributed by atoms with E-state index in [-0.39, 0.29) is 0 Å². The summed E-state index contributed by atoms with van der Waals surface area (Å²) in [7, 11) is 0. The van der Waals surface area contributed by atoms with Gasteiger partial charge in [-0.15, -0.1) is 0 Å². The van der Waals surface area contributed by atoms with Crippen molar-refractivity contribution < 1.29 is 9.22 Å². The molecule has 114 valence electrons. The van der Waals surface area contributed by atoms with E-state index in [1.54, 1.807) is 12.1 Å². The van der Waals surface area contributed by atoms with Crippen molar-refractivity contribution in [3.8, 4) is 12.1 Å². The Kier molecular flexibility index (Phi) is 15.7. The van der Waals surface area contributed by atoms with Crippen LogP contribution in [0.15, 0.2) is 0 Å². The van der Waals surface area contributed by atoms with E-state index in [2.05, 4.69) is 11.8 Å². The second kappa shape index (κ2) is 16.3. The molecule has 0 atom stereocenters. The predicted molar refractivity (Wildman–Crippen MR) is 81.5 cm³/mol. The normalized spacial score (nSPS) is 10.4. The summed E-state index contributed by atoms with van der Waals surface area (Å²) in [5.41, 5.74) is 0. The van der Waals surface area contributed by atoms with Crippen molar-refractivity contribution in [1.82, 2.24) is 0 Å². The highest BCUT2D eigenvalue weighted by Crippen LogP contribution is 2.13. The molecule has 0 fully saturated rings. The zero-order chi connectivity index (χ0) is 14.9. The zero-order valence-electron chi connectivity index (χ0n) is 12.5. The van der Waals surface area contributed by atoms with Crippen LogP contribution in [0.3, 0.4) is 0 Å². The highest BCUT2D eigenvalue weighted by Gasteiger charge is 2.05. The molecule has 0 aromatic carbocycles. The van der Waals surface area contributed by atoms with E-state index in [1.165, 1.54) is 69.8 Å². The van der Waals surface area contributed by atoms with Gasteiger partial charge in [-0.1, -0.05) is 64.7 Å². The maximum Gasteiger partial charge on any atom is 0.265 e. The average molecular weight is 298 g/mol. The Bertz CT molecular complexity index is 273. The minimum atomic E-state index is -1.13. The molecule has 20 heavy (non-hydrogen) atoms. The van der Waals surface area contributed by atoms with Crippen LogP contribution in [0.1, 0.15) is 71.1 Å². The number of unbranched alkanes of at least 4 members (excludes halogenated alkanes) is 9. The van der Waals surface area contributed by atoms with Crippen molar-refractivity contribution in [2.75, 3.05) is 5.75 Å². The molecule has 0 unspecified atom stereocenters. The van der Waals surface area contributed by atoms with Crippen LogP contribution in [0.2, 0.25) is 0 Å². The van der Waals surface area contributed by atoms with Gasteiger partial charge in [-0.2, -0.15) is 19.7 Å². The highest BCUT2D eigenvalue weighted by molar-refractivity contribution is 7.94. The van der Waals surface area contributed by atoms with Crippen LogP contribution < -0.4 is 0 Å². The molecular formula is C15H26N2O2S. The molecule has 0 rings (SSSR count). The average Bonchev–Trinajstić information content (AvgIpc) is 2.48. The third-order valence-corrected chi connectivity index (χ3v) is 3.63. The minimum absolute atomic E-state index is 0.833. The molecule has 0 aromatic rings. The van der Waals surface area contributed by atoms with Crippen LogP contribution >= 0.6 is 12.0 Å². The molecule has 0 saturated carbocycles. The standard InChI is InChI=1S/C15H26N2O2S/c1-2-3-4-5-6-7-8-9-10-11-12-20-19-18-15(13-16)14-17/h15H,2-12H2,1H3. The molecule has 0 aliphatic rings. The van der Waals surface area contributed by atoms with Crippen LogP contribution in [0.4, 0.5) is 0 Å². The van der Waals surface area contributed by atoms with Crippen molar-refractivity contribution in [1.29, 1.82) is 10.5 Å². The Labute approximate surface area is 127 Å². The van der Waals surface area contributed by atoms with Crippen LogP contribution in [0, 0.1) is 22.7 Å². The monoisotopic (exact) mass is 298 g/mol. The van der Waals surface area contributed by atoms with E-state index in [0.717, 1.165) is 12.2 Å². The molecule has 0 saturated heterocycles. The first kappa shape index (κ1) is 19.2. The van der Waals surface area contributed by atoms with Crippen LogP contribution in [0.5, 0.6) is 0 Å². The molecule has 0 bridgehead atoms. The zero-order valence-corrected chi connectivity index (χ0v) is 13.3. The summed E-state index contributed by atoms with van der Waals surface area (Å²) in [6.07, 6.45) is 11.9. The van der Waals surface area contributed by atoms with Gasteiger partial charge in [-0.3, -0.25) is 0 Å². The van der Waals surface area contributed by atoms with Gasteiger partial charge in [0, 0.05) is 17.8 Å². The van der Waals surface area contributed by atoms with Crippen molar-refractivity contribution in [2.24, 2.45) is 0 Å². The van der Waals surface area contributed by atoms with E-state index in [9.17, 15) is 0 Å². The van der Waals surface area contributed by atoms with E-state index in [4.69, 9.17) is 14.9 Å². The number of rotatable bonds is 14. The van der Waals surface area contributed by atoms with E-state index >= 15 is 0 Å². The van der Waals surface area contributed by atoms with Crippen LogP contribution in [-0.4, -0.2) is 11.9 Å². The van der Waals surface area contributed by atoms with Crippen molar-refractivity contribution in [3.05, 3.63) is 0 Å². The first-order chi connectivity index (χ1) is 9.85. The number of nitrogens with zero attached hydrogens (tertiary/aromatic N) is 2. The second-order valence-electron chi connectivity index (χ2n) is 4.81. The van der Waals surface area contributed by atoms with Gasteiger partial charge in [0.25, 0.3) is 6.10 Å². The topological polar surface area (TPSA) is 66.0 Å². The first-order valence-electron chi connectivity index (χ1n) is 7.59. The second-order valence-corrected chi connectivity index (χ2v) is 5.59. The summed E-state index contributed by atoms with van der Waals surface area (Å²) in [6, 6.07) is 3.35. The van der Waals surface area contributed by atoms with Crippen molar-refractivity contribution in [3.63, 3.8) is 0 Å². The fourth-order valence-corrected chi connectivity index (χ4v) is 2.35. The molecule has 0 radical (unpaired) electrons. The molecule has 0 spiro atoms. The van der Waals surface area contributed by atoms with Crippen molar-refractivity contribution >= 4 is 12.0 Å². The van der Waals surface area contributed by atoms with Crippen LogP contribution in [-0.2, 0) is 9.22 Å². The Hall–Kier alpha value is -0.750. The lowest BCUT2D eigenvalue weighted by atomic mass is 10.1. The maximum absolute atomic E-state index is 8.43. The molecular weight excluding hydrogens is 272 g/mol. The fraction of sp³-hybridized carbons (Fsp3) is 0.867. The lowest BCUT2D eigenvalue weighted by molar-refractivity contribution is -0.198. The minimum Gasteiger partial charge on any atom is -0.194 e. The third-order valence-electron chi connectivity index (χ3n) is 3.00. The number of hydrogen-bond donors (Lipinski definition) is 0. The van der Waals surface area contributed by atoms with Gasteiger partial charge in [0.1, 0.15) is 12.1 Å². The Balaban J connectivity index is 3.07. The molecule has 0 aromatic heterocycles. The van der Waals surface area contributed by atoms with Gasteiger partial charge >= 0.3 is 0 Å². The van der Waals surface area contributed by atoms with Gasteiger partial charge in [0.2, 0.25) is 0 Å². The summed E-state index contributed by atoms with van der Waals surface area (Å²) < 4.78 is 4.73. The van der Waals surface area contributed by atoms with Crippen LogP contribution in [0.25, 0.3) is 0 Å². The van der Waals surface area contributed by atoms with E-state index < -0.39 is 6.10 Å². The Morgan fingerprint density at radius 3 is 1.85 bits per heavy atom. The summed E-state index contributed by atoms with van der Waals surface area (Å²) in [5, 5.41) is 16.9. The number of nitriles is 2. The predicted octanol–water partition coefficient (Wildman–Crippen LogP) is 4.92. The van der Waals surface area contributed by atoms with Gasteiger partial charge < -0.3 is 0 Å². The fourth-order valence-electron chi connectivity index (χ4n) is 1.82. The summed E-state index contributed by atoms with van der Waals surface area (Å²) in [5.74, 6) is 0.833. The lowest BCUT2D eigenvalue weighted by Crippen LogP contribution is -2.04.